The molecule has 2 rings (SSSR count). The van der Waals surface area contributed by atoms with Crippen LogP contribution in [0.25, 0.3) is 11.3 Å². The van der Waals surface area contributed by atoms with Gasteiger partial charge in [0.2, 0.25) is 0 Å². The van der Waals surface area contributed by atoms with Crippen LogP contribution in [0.4, 0.5) is 18.9 Å². The zero-order valence-corrected chi connectivity index (χ0v) is 10.9. The highest BCUT2D eigenvalue weighted by Gasteiger charge is 2.30. The number of hydrogen-bond donors (Lipinski definition) is 1. The van der Waals surface area contributed by atoms with Crippen LogP contribution in [-0.4, -0.2) is 18.1 Å². The molecule has 1 aromatic carbocycles. The van der Waals surface area contributed by atoms with Gasteiger partial charge in [-0.15, -0.1) is 0 Å². The molecule has 0 aliphatic carbocycles. The molecule has 110 valence electrons. The fourth-order valence-corrected chi connectivity index (χ4v) is 1.77. The number of nitrogens with two attached hydrogens (primary N) is 1. The second-order valence-corrected chi connectivity index (χ2v) is 4.23. The van der Waals surface area contributed by atoms with E-state index in [0.717, 1.165) is 12.1 Å². The summed E-state index contributed by atoms with van der Waals surface area (Å²) in [5.41, 5.74) is 6.10. The van der Waals surface area contributed by atoms with E-state index in [-0.39, 0.29) is 11.3 Å². The largest absolute Gasteiger partial charge is 0.465 e. The van der Waals surface area contributed by atoms with Crippen LogP contribution in [-0.2, 0) is 10.9 Å². The van der Waals surface area contributed by atoms with Gasteiger partial charge < -0.3 is 10.5 Å². The van der Waals surface area contributed by atoms with Gasteiger partial charge in [-0.3, -0.25) is 4.98 Å². The summed E-state index contributed by atoms with van der Waals surface area (Å²) in [6, 6.07) is 5.82. The Morgan fingerprint density at radius 3 is 2.33 bits per heavy atom. The molecule has 2 aromatic rings. The fraction of sp³-hybridized carbons (Fsp3) is 0.143. The molecule has 0 bridgehead atoms. The van der Waals surface area contributed by atoms with Crippen molar-refractivity contribution < 1.29 is 22.7 Å². The lowest BCUT2D eigenvalue weighted by atomic mass is 10.1. The average molecular weight is 296 g/mol. The quantitative estimate of drug-likeness (QED) is 0.865. The van der Waals surface area contributed by atoms with E-state index in [2.05, 4.69) is 9.72 Å². The maximum Gasteiger partial charge on any atom is 0.416 e. The van der Waals surface area contributed by atoms with Gasteiger partial charge in [-0.25, -0.2) is 4.79 Å². The Labute approximate surface area is 118 Å². The summed E-state index contributed by atoms with van der Waals surface area (Å²) in [6.07, 6.45) is -3.14. The highest BCUT2D eigenvalue weighted by Crippen LogP contribution is 2.31. The second kappa shape index (κ2) is 5.43. The van der Waals surface area contributed by atoms with Crippen LogP contribution < -0.4 is 5.73 Å². The number of esters is 1. The number of hydrogen-bond acceptors (Lipinski definition) is 4. The molecule has 0 atom stereocenters. The first-order chi connectivity index (χ1) is 9.82. The van der Waals surface area contributed by atoms with Crippen molar-refractivity contribution in [2.45, 2.75) is 6.18 Å². The second-order valence-electron chi connectivity index (χ2n) is 4.23. The van der Waals surface area contributed by atoms with E-state index in [1.54, 1.807) is 0 Å². The van der Waals surface area contributed by atoms with Crippen LogP contribution in [0, 0.1) is 0 Å². The molecule has 0 unspecified atom stereocenters. The number of alkyl halides is 3. The predicted molar refractivity (Wildman–Crippen MR) is 70.4 cm³/mol. The van der Waals surface area contributed by atoms with Gasteiger partial charge in [0.15, 0.2) is 0 Å². The molecule has 0 aliphatic rings. The smallest absolute Gasteiger partial charge is 0.416 e. The number of nitrogen functional groups attached to an aromatic ring is 1. The first kappa shape index (κ1) is 14.8. The molecule has 21 heavy (non-hydrogen) atoms. The van der Waals surface area contributed by atoms with E-state index in [1.165, 1.54) is 31.5 Å². The fourth-order valence-electron chi connectivity index (χ4n) is 1.77. The standard InChI is InChI=1S/C14H11F3N2O2/c1-21-13(20)9-6-11(18)12(19-7-9)8-2-4-10(5-3-8)14(15,16)17/h2-7H,18H2,1H3. The third kappa shape index (κ3) is 3.13. The van der Waals surface area contributed by atoms with Crippen LogP contribution in [0.15, 0.2) is 36.5 Å². The zero-order chi connectivity index (χ0) is 15.6. The first-order valence-electron chi connectivity index (χ1n) is 5.84. The molecule has 7 heteroatoms. The van der Waals surface area contributed by atoms with Gasteiger partial charge in [-0.2, -0.15) is 13.2 Å². The lowest BCUT2D eigenvalue weighted by Crippen LogP contribution is -2.05. The average Bonchev–Trinajstić information content (AvgIpc) is 2.45. The summed E-state index contributed by atoms with van der Waals surface area (Å²) >= 11 is 0. The predicted octanol–water partition coefficient (Wildman–Crippen LogP) is 3.14. The minimum atomic E-state index is -4.40. The maximum absolute atomic E-state index is 12.5. The number of nitrogens with zero attached hydrogens (tertiary/aromatic N) is 1. The van der Waals surface area contributed by atoms with Crippen LogP contribution in [0.5, 0.6) is 0 Å². The van der Waals surface area contributed by atoms with E-state index in [9.17, 15) is 18.0 Å². The number of halogens is 3. The van der Waals surface area contributed by atoms with Crippen molar-refractivity contribution in [3.8, 4) is 11.3 Å². The first-order valence-corrected chi connectivity index (χ1v) is 5.84. The summed E-state index contributed by atoms with van der Waals surface area (Å²) in [7, 11) is 1.22. The van der Waals surface area contributed by atoms with Gasteiger partial charge in [0.25, 0.3) is 0 Å². The Morgan fingerprint density at radius 2 is 1.86 bits per heavy atom. The molecule has 1 heterocycles. The van der Waals surface area contributed by atoms with Crippen LogP contribution in [0.3, 0.4) is 0 Å². The van der Waals surface area contributed by atoms with Crippen LogP contribution in [0.1, 0.15) is 15.9 Å². The summed E-state index contributed by atoms with van der Waals surface area (Å²) in [5, 5.41) is 0. The Bertz CT molecular complexity index is 667. The number of aromatic nitrogens is 1. The number of carbonyl (C=O) groups excluding carboxylic acids is 1. The number of methoxy groups -OCH3 is 1. The third-order valence-corrected chi connectivity index (χ3v) is 2.82. The van der Waals surface area contributed by atoms with Crippen molar-refractivity contribution in [3.63, 3.8) is 0 Å². The topological polar surface area (TPSA) is 65.2 Å². The van der Waals surface area contributed by atoms with Crippen LogP contribution >= 0.6 is 0 Å². The molecule has 1 aromatic heterocycles. The highest BCUT2D eigenvalue weighted by molar-refractivity contribution is 5.91. The Morgan fingerprint density at radius 1 is 1.24 bits per heavy atom. The van der Waals surface area contributed by atoms with E-state index < -0.39 is 17.7 Å². The Hall–Kier alpha value is -2.57. The summed E-state index contributed by atoms with van der Waals surface area (Å²) in [6.45, 7) is 0. The molecule has 0 saturated carbocycles. The van der Waals surface area contributed by atoms with E-state index in [4.69, 9.17) is 5.73 Å². The van der Waals surface area contributed by atoms with E-state index in [1.807, 2.05) is 0 Å². The van der Waals surface area contributed by atoms with Crippen molar-refractivity contribution >= 4 is 11.7 Å². The summed E-state index contributed by atoms with van der Waals surface area (Å²) in [4.78, 5) is 15.3. The molecule has 0 fully saturated rings. The monoisotopic (exact) mass is 296 g/mol. The lowest BCUT2D eigenvalue weighted by Gasteiger charge is -2.09. The molecular formula is C14H11F3N2O2. The Balaban J connectivity index is 2.36. The number of ether oxygens (including phenoxy) is 1. The summed E-state index contributed by atoms with van der Waals surface area (Å²) < 4.78 is 42.0. The van der Waals surface area contributed by atoms with Gasteiger partial charge in [0.05, 0.1) is 29.6 Å². The van der Waals surface area contributed by atoms with Crippen molar-refractivity contribution in [1.29, 1.82) is 0 Å². The SMILES string of the molecule is COC(=O)c1cnc(-c2ccc(C(F)(F)F)cc2)c(N)c1. The third-order valence-electron chi connectivity index (χ3n) is 2.82. The maximum atomic E-state index is 12.5. The van der Waals surface area contributed by atoms with Crippen molar-refractivity contribution in [2.24, 2.45) is 0 Å². The van der Waals surface area contributed by atoms with Gasteiger partial charge in [0.1, 0.15) is 0 Å². The molecular weight excluding hydrogens is 285 g/mol. The molecule has 0 amide bonds. The van der Waals surface area contributed by atoms with Gasteiger partial charge in [-0.1, -0.05) is 12.1 Å². The number of pyridine rings is 1. The van der Waals surface area contributed by atoms with Crippen molar-refractivity contribution in [2.75, 3.05) is 12.8 Å². The highest BCUT2D eigenvalue weighted by atomic mass is 19.4. The Kier molecular flexibility index (Phi) is 3.84. The normalized spacial score (nSPS) is 11.2. The van der Waals surface area contributed by atoms with Gasteiger partial charge >= 0.3 is 12.1 Å². The van der Waals surface area contributed by atoms with Crippen LogP contribution in [0.2, 0.25) is 0 Å². The summed E-state index contributed by atoms with van der Waals surface area (Å²) in [5.74, 6) is -0.590. The van der Waals surface area contributed by atoms with Gasteiger partial charge in [0, 0.05) is 11.8 Å². The lowest BCUT2D eigenvalue weighted by molar-refractivity contribution is -0.137. The molecule has 0 spiro atoms. The molecule has 0 saturated heterocycles. The number of benzene rings is 1. The van der Waals surface area contributed by atoms with Gasteiger partial charge in [-0.05, 0) is 18.2 Å². The van der Waals surface area contributed by atoms with Crippen molar-refractivity contribution in [3.05, 3.63) is 47.7 Å². The molecule has 0 radical (unpaired) electrons. The molecule has 4 nitrogen and oxygen atoms in total. The minimum Gasteiger partial charge on any atom is -0.465 e. The van der Waals surface area contributed by atoms with E-state index >= 15 is 0 Å². The van der Waals surface area contributed by atoms with E-state index in [0.29, 0.717) is 11.3 Å². The number of carbonyl (C=O) groups is 1. The molecule has 0 aliphatic heterocycles. The minimum absolute atomic E-state index is 0.172. The van der Waals surface area contributed by atoms with Crippen molar-refractivity contribution in [1.82, 2.24) is 4.98 Å². The zero-order valence-electron chi connectivity index (χ0n) is 10.9. The molecule has 2 N–H and O–H groups in total. The number of rotatable bonds is 2. The number of anilines is 1.